The van der Waals surface area contributed by atoms with Crippen molar-refractivity contribution in [2.24, 2.45) is 5.41 Å². The molecule has 0 fully saturated rings. The van der Waals surface area contributed by atoms with E-state index in [1.165, 1.54) is 6.07 Å². The van der Waals surface area contributed by atoms with Crippen molar-refractivity contribution in [2.75, 3.05) is 5.32 Å². The number of anilines is 1. The molecule has 106 valence electrons. The number of carbonyl (C=O) groups excluding carboxylic acids is 1. The highest BCUT2D eigenvalue weighted by molar-refractivity contribution is 5.92. The Morgan fingerprint density at radius 2 is 2.00 bits per heavy atom. The molecule has 0 saturated carbocycles. The number of nitrogens with zero attached hydrogens (tertiary/aromatic N) is 1. The van der Waals surface area contributed by atoms with Crippen molar-refractivity contribution in [3.63, 3.8) is 0 Å². The Labute approximate surface area is 117 Å². The van der Waals surface area contributed by atoms with Crippen LogP contribution >= 0.6 is 0 Å². The van der Waals surface area contributed by atoms with Crippen LogP contribution in [0.1, 0.15) is 26.3 Å². The number of aliphatic carboxylic acids is 1. The van der Waals surface area contributed by atoms with Crippen molar-refractivity contribution in [3.8, 4) is 6.07 Å². The number of hydrogen-bond donors (Lipinski definition) is 3. The summed E-state index contributed by atoms with van der Waals surface area (Å²) < 4.78 is 0. The van der Waals surface area contributed by atoms with Crippen LogP contribution in [-0.2, 0) is 4.79 Å². The molecule has 0 radical (unpaired) electrons. The van der Waals surface area contributed by atoms with E-state index >= 15 is 0 Å². The highest BCUT2D eigenvalue weighted by Crippen LogP contribution is 2.19. The second-order valence-corrected chi connectivity index (χ2v) is 5.43. The van der Waals surface area contributed by atoms with Crippen LogP contribution in [0.25, 0.3) is 0 Å². The van der Waals surface area contributed by atoms with Gasteiger partial charge in [0.1, 0.15) is 6.04 Å². The predicted octanol–water partition coefficient (Wildman–Crippen LogP) is 2.18. The summed E-state index contributed by atoms with van der Waals surface area (Å²) in [4.78, 5) is 23.0. The van der Waals surface area contributed by atoms with Gasteiger partial charge in [0.25, 0.3) is 0 Å². The number of rotatable bonds is 3. The fourth-order valence-electron chi connectivity index (χ4n) is 1.61. The Morgan fingerprint density at radius 1 is 1.35 bits per heavy atom. The molecule has 1 atom stereocenters. The largest absolute Gasteiger partial charge is 0.480 e. The first-order valence-electron chi connectivity index (χ1n) is 6.04. The molecular formula is C14H17N3O3. The second-order valence-electron chi connectivity index (χ2n) is 5.43. The summed E-state index contributed by atoms with van der Waals surface area (Å²) >= 11 is 0. The second kappa shape index (κ2) is 6.06. The number of carboxylic acids is 1. The lowest BCUT2D eigenvalue weighted by atomic mass is 9.87. The van der Waals surface area contributed by atoms with Gasteiger partial charge in [0.2, 0.25) is 0 Å². The van der Waals surface area contributed by atoms with Crippen LogP contribution in [0.15, 0.2) is 24.3 Å². The van der Waals surface area contributed by atoms with E-state index in [1.807, 2.05) is 6.07 Å². The van der Waals surface area contributed by atoms with Gasteiger partial charge >= 0.3 is 12.0 Å². The molecule has 1 aromatic carbocycles. The Kier molecular flexibility index (Phi) is 4.70. The van der Waals surface area contributed by atoms with Crippen LogP contribution in [0.4, 0.5) is 10.5 Å². The number of benzene rings is 1. The number of amides is 2. The number of nitrogens with one attached hydrogen (secondary N) is 2. The predicted molar refractivity (Wildman–Crippen MR) is 74.2 cm³/mol. The van der Waals surface area contributed by atoms with E-state index < -0.39 is 23.5 Å². The molecule has 1 aromatic rings. The van der Waals surface area contributed by atoms with Crippen LogP contribution in [0, 0.1) is 16.7 Å². The average Bonchev–Trinajstić information content (AvgIpc) is 2.34. The van der Waals surface area contributed by atoms with Gasteiger partial charge in [0.05, 0.1) is 11.6 Å². The Bertz CT molecular complexity index is 556. The zero-order chi connectivity index (χ0) is 15.3. The van der Waals surface area contributed by atoms with Crippen molar-refractivity contribution in [1.29, 1.82) is 5.26 Å². The molecule has 0 spiro atoms. The highest BCUT2D eigenvalue weighted by atomic mass is 16.4. The van der Waals surface area contributed by atoms with Crippen molar-refractivity contribution in [2.45, 2.75) is 26.8 Å². The minimum absolute atomic E-state index is 0.411. The summed E-state index contributed by atoms with van der Waals surface area (Å²) in [5, 5.41) is 22.8. The van der Waals surface area contributed by atoms with E-state index in [2.05, 4.69) is 10.6 Å². The number of nitriles is 1. The highest BCUT2D eigenvalue weighted by Gasteiger charge is 2.32. The Balaban J connectivity index is 2.76. The lowest BCUT2D eigenvalue weighted by Crippen LogP contribution is -2.50. The van der Waals surface area contributed by atoms with E-state index in [0.717, 1.165) is 0 Å². The van der Waals surface area contributed by atoms with Crippen LogP contribution in [0.3, 0.4) is 0 Å². The molecule has 0 bridgehead atoms. The summed E-state index contributed by atoms with van der Waals surface area (Å²) in [6, 6.07) is 6.69. The van der Waals surface area contributed by atoms with Crippen molar-refractivity contribution >= 4 is 17.7 Å². The van der Waals surface area contributed by atoms with E-state index in [0.29, 0.717) is 11.3 Å². The fraction of sp³-hybridized carbons (Fsp3) is 0.357. The molecule has 0 saturated heterocycles. The van der Waals surface area contributed by atoms with Crippen LogP contribution < -0.4 is 10.6 Å². The Morgan fingerprint density at radius 3 is 2.50 bits per heavy atom. The summed E-state index contributed by atoms with van der Waals surface area (Å²) in [5.74, 6) is -1.10. The average molecular weight is 275 g/mol. The minimum atomic E-state index is -1.10. The molecule has 0 aliphatic rings. The van der Waals surface area contributed by atoms with Gasteiger partial charge in [-0.15, -0.1) is 0 Å². The molecule has 20 heavy (non-hydrogen) atoms. The van der Waals surface area contributed by atoms with E-state index in [-0.39, 0.29) is 0 Å². The molecule has 0 aliphatic carbocycles. The summed E-state index contributed by atoms with van der Waals surface area (Å²) in [5.41, 5.74) is 0.227. The van der Waals surface area contributed by atoms with Crippen LogP contribution in [0.2, 0.25) is 0 Å². The quantitative estimate of drug-likeness (QED) is 0.786. The van der Waals surface area contributed by atoms with Gasteiger partial charge in [-0.3, -0.25) is 0 Å². The molecule has 0 heterocycles. The molecule has 2 amide bonds. The first-order chi connectivity index (χ1) is 9.24. The minimum Gasteiger partial charge on any atom is -0.480 e. The normalized spacial score (nSPS) is 12.1. The van der Waals surface area contributed by atoms with Crippen molar-refractivity contribution < 1.29 is 14.7 Å². The summed E-state index contributed by atoms with van der Waals surface area (Å²) in [6.07, 6.45) is 0. The molecule has 0 aliphatic heterocycles. The zero-order valence-corrected chi connectivity index (χ0v) is 11.6. The van der Waals surface area contributed by atoms with Gasteiger partial charge in [0.15, 0.2) is 0 Å². The third-order valence-electron chi connectivity index (χ3n) is 2.64. The van der Waals surface area contributed by atoms with E-state index in [9.17, 15) is 9.59 Å². The molecular weight excluding hydrogens is 258 g/mol. The fourth-order valence-corrected chi connectivity index (χ4v) is 1.61. The van der Waals surface area contributed by atoms with E-state index in [1.54, 1.807) is 39.0 Å². The molecule has 6 heteroatoms. The maximum atomic E-state index is 11.8. The van der Waals surface area contributed by atoms with Crippen LogP contribution in [0.5, 0.6) is 0 Å². The summed E-state index contributed by atoms with van der Waals surface area (Å²) in [7, 11) is 0. The molecule has 1 rings (SSSR count). The number of carbonyl (C=O) groups is 2. The monoisotopic (exact) mass is 275 g/mol. The van der Waals surface area contributed by atoms with Gasteiger partial charge in [0, 0.05) is 5.69 Å². The van der Waals surface area contributed by atoms with Crippen LogP contribution in [-0.4, -0.2) is 23.1 Å². The number of hydrogen-bond acceptors (Lipinski definition) is 3. The zero-order valence-electron chi connectivity index (χ0n) is 11.6. The van der Waals surface area contributed by atoms with Gasteiger partial charge in [-0.25, -0.2) is 9.59 Å². The van der Waals surface area contributed by atoms with Crippen molar-refractivity contribution in [1.82, 2.24) is 5.32 Å². The first-order valence-corrected chi connectivity index (χ1v) is 6.04. The standard InChI is InChI=1S/C14H17N3O3/c1-14(2,3)11(12(18)19)17-13(20)16-10-6-4-5-9(7-10)8-15/h4-7,11H,1-3H3,(H,18,19)(H2,16,17,20)/t11-/m1/s1. The van der Waals surface area contributed by atoms with Crippen molar-refractivity contribution in [3.05, 3.63) is 29.8 Å². The third-order valence-corrected chi connectivity index (χ3v) is 2.64. The number of urea groups is 1. The smallest absolute Gasteiger partial charge is 0.326 e. The van der Waals surface area contributed by atoms with Gasteiger partial charge in [-0.05, 0) is 23.6 Å². The topological polar surface area (TPSA) is 102 Å². The lowest BCUT2D eigenvalue weighted by molar-refractivity contribution is -0.141. The third kappa shape index (κ3) is 4.28. The SMILES string of the molecule is CC(C)(C)[C@H](NC(=O)Nc1cccc(C#N)c1)C(=O)O. The molecule has 0 aromatic heterocycles. The Hall–Kier alpha value is -2.55. The lowest BCUT2D eigenvalue weighted by Gasteiger charge is -2.27. The maximum Gasteiger partial charge on any atom is 0.326 e. The molecule has 3 N–H and O–H groups in total. The maximum absolute atomic E-state index is 11.8. The number of carboxylic acid groups (broad SMARTS) is 1. The van der Waals surface area contributed by atoms with Gasteiger partial charge in [-0.1, -0.05) is 26.8 Å². The first kappa shape index (κ1) is 15.5. The summed E-state index contributed by atoms with van der Waals surface area (Å²) in [6.45, 7) is 5.17. The van der Waals surface area contributed by atoms with E-state index in [4.69, 9.17) is 10.4 Å². The van der Waals surface area contributed by atoms with Gasteiger partial charge in [-0.2, -0.15) is 5.26 Å². The van der Waals surface area contributed by atoms with Gasteiger partial charge < -0.3 is 15.7 Å². The molecule has 0 unspecified atom stereocenters. The molecule has 6 nitrogen and oxygen atoms in total.